The highest BCUT2D eigenvalue weighted by molar-refractivity contribution is 7.99. The molecule has 1 N–H and O–H groups in total. The minimum atomic E-state index is -0.806. The smallest absolute Gasteiger partial charge is 0.240 e. The van der Waals surface area contributed by atoms with Crippen LogP contribution in [0.3, 0.4) is 0 Å². The fraction of sp³-hybridized carbons (Fsp3) is 0.875. The summed E-state index contributed by atoms with van der Waals surface area (Å²) in [4.78, 5) is 12.6. The molecule has 0 spiro atoms. The molecule has 3 nitrogen and oxygen atoms in total. The van der Waals surface area contributed by atoms with Crippen LogP contribution in [0.1, 0.15) is 65.2 Å². The zero-order chi connectivity index (χ0) is 15.0. The molecule has 20 heavy (non-hydrogen) atoms. The Bertz CT molecular complexity index is 337. The van der Waals surface area contributed by atoms with E-state index in [4.69, 9.17) is 0 Å². The fourth-order valence-electron chi connectivity index (χ4n) is 3.13. The molecule has 0 saturated heterocycles. The van der Waals surface area contributed by atoms with E-state index in [1.807, 2.05) is 25.6 Å². The number of nitrogens with one attached hydrogen (secondary N) is 1. The predicted molar refractivity (Wildman–Crippen MR) is 85.6 cm³/mol. The molecule has 1 fully saturated rings. The van der Waals surface area contributed by atoms with Gasteiger partial charge in [-0.05, 0) is 44.8 Å². The maximum Gasteiger partial charge on any atom is 0.240 e. The number of carbonyl (C=O) groups excluding carboxylic acids is 1. The molecule has 0 aromatic rings. The number of amides is 1. The number of hydrogen-bond acceptors (Lipinski definition) is 3. The first-order chi connectivity index (χ1) is 9.61. The number of thioether (sulfide) groups is 1. The minimum Gasteiger partial charge on any atom is -0.352 e. The van der Waals surface area contributed by atoms with Crippen molar-refractivity contribution in [1.29, 1.82) is 5.26 Å². The predicted octanol–water partition coefficient (Wildman–Crippen LogP) is 3.89. The summed E-state index contributed by atoms with van der Waals surface area (Å²) in [6, 6.07) is 2.58. The van der Waals surface area contributed by atoms with Crippen LogP contribution in [0.25, 0.3) is 0 Å². The summed E-state index contributed by atoms with van der Waals surface area (Å²) in [6.45, 7) is 4.08. The summed E-state index contributed by atoms with van der Waals surface area (Å²) in [5.74, 6) is -0.0312. The third-order valence-electron chi connectivity index (χ3n) is 4.34. The van der Waals surface area contributed by atoms with Gasteiger partial charge in [-0.2, -0.15) is 17.0 Å². The topological polar surface area (TPSA) is 52.9 Å². The highest BCUT2D eigenvalue weighted by Crippen LogP contribution is 2.31. The molecule has 0 aromatic carbocycles. The van der Waals surface area contributed by atoms with Gasteiger partial charge in [0.25, 0.3) is 0 Å². The van der Waals surface area contributed by atoms with E-state index in [0.29, 0.717) is 12.8 Å². The Morgan fingerprint density at radius 1 is 1.25 bits per heavy atom. The fourth-order valence-corrected chi connectivity index (χ4v) is 3.88. The van der Waals surface area contributed by atoms with Crippen molar-refractivity contribution in [3.63, 3.8) is 0 Å². The summed E-state index contributed by atoms with van der Waals surface area (Å²) < 4.78 is 0. The second-order valence-corrected chi connectivity index (χ2v) is 7.01. The lowest BCUT2D eigenvalue weighted by atomic mass is 9.79. The van der Waals surface area contributed by atoms with Gasteiger partial charge in [0, 0.05) is 11.3 Å². The van der Waals surface area contributed by atoms with Gasteiger partial charge in [0.05, 0.1) is 6.07 Å². The molecular weight excluding hydrogens is 268 g/mol. The first-order valence-electron chi connectivity index (χ1n) is 7.86. The lowest BCUT2D eigenvalue weighted by Crippen LogP contribution is -2.46. The molecule has 0 unspecified atom stereocenters. The Labute approximate surface area is 127 Å². The Hall–Kier alpha value is -0.690. The van der Waals surface area contributed by atoms with Gasteiger partial charge in [-0.25, -0.2) is 0 Å². The van der Waals surface area contributed by atoms with Crippen molar-refractivity contribution in [1.82, 2.24) is 5.32 Å². The van der Waals surface area contributed by atoms with E-state index in [9.17, 15) is 10.1 Å². The summed E-state index contributed by atoms with van der Waals surface area (Å²) in [5.41, 5.74) is -0.806. The average molecular weight is 296 g/mol. The second kappa shape index (κ2) is 8.56. The van der Waals surface area contributed by atoms with Crippen LogP contribution in [-0.4, -0.2) is 23.5 Å². The van der Waals surface area contributed by atoms with Gasteiger partial charge in [0.1, 0.15) is 5.41 Å². The molecule has 0 bridgehead atoms. The SMILES string of the molecule is CCCC(C#N)(CCC)C(=O)NC1CCC(SC)CC1. The number of nitriles is 1. The molecule has 4 heteroatoms. The van der Waals surface area contributed by atoms with Crippen molar-refractivity contribution in [3.8, 4) is 6.07 Å². The first kappa shape index (κ1) is 17.4. The largest absolute Gasteiger partial charge is 0.352 e. The minimum absolute atomic E-state index is 0.0312. The van der Waals surface area contributed by atoms with Crippen LogP contribution in [0.15, 0.2) is 0 Å². The van der Waals surface area contributed by atoms with Crippen molar-refractivity contribution in [3.05, 3.63) is 0 Å². The van der Waals surface area contributed by atoms with E-state index in [-0.39, 0.29) is 11.9 Å². The number of rotatable bonds is 7. The summed E-state index contributed by atoms with van der Waals surface area (Å²) in [5, 5.41) is 13.4. The van der Waals surface area contributed by atoms with Gasteiger partial charge in [-0.15, -0.1) is 0 Å². The Kier molecular flexibility index (Phi) is 7.43. The van der Waals surface area contributed by atoms with Gasteiger partial charge in [0.15, 0.2) is 0 Å². The number of hydrogen-bond donors (Lipinski definition) is 1. The zero-order valence-electron chi connectivity index (χ0n) is 13.1. The van der Waals surface area contributed by atoms with Crippen molar-refractivity contribution < 1.29 is 4.79 Å². The molecule has 0 radical (unpaired) electrons. The third-order valence-corrected chi connectivity index (χ3v) is 5.48. The molecule has 114 valence electrons. The van der Waals surface area contributed by atoms with Crippen LogP contribution in [0.2, 0.25) is 0 Å². The third kappa shape index (κ3) is 4.41. The molecule has 1 rings (SSSR count). The summed E-state index contributed by atoms with van der Waals surface area (Å²) in [6.07, 6.45) is 9.70. The summed E-state index contributed by atoms with van der Waals surface area (Å²) in [7, 11) is 0. The maximum absolute atomic E-state index is 12.6. The lowest BCUT2D eigenvalue weighted by molar-refractivity contribution is -0.129. The van der Waals surface area contributed by atoms with Crippen LogP contribution in [-0.2, 0) is 4.79 Å². The van der Waals surface area contributed by atoms with Crippen molar-refractivity contribution >= 4 is 17.7 Å². The molecule has 0 heterocycles. The average Bonchev–Trinajstić information content (AvgIpc) is 2.47. The van der Waals surface area contributed by atoms with Gasteiger partial charge >= 0.3 is 0 Å². The molecule has 1 aliphatic carbocycles. The Morgan fingerprint density at radius 3 is 2.20 bits per heavy atom. The van der Waals surface area contributed by atoms with Crippen molar-refractivity contribution in [2.24, 2.45) is 5.41 Å². The van der Waals surface area contributed by atoms with E-state index < -0.39 is 5.41 Å². The standard InChI is InChI=1S/C16H28N2OS/c1-4-10-16(12-17,11-5-2)15(19)18-13-6-8-14(20-3)9-7-13/h13-14H,4-11H2,1-3H3,(H,18,19). The van der Waals surface area contributed by atoms with Gasteiger partial charge in [0.2, 0.25) is 5.91 Å². The van der Waals surface area contributed by atoms with Crippen LogP contribution >= 0.6 is 11.8 Å². The molecule has 1 aliphatic rings. The van der Waals surface area contributed by atoms with Gasteiger partial charge in [-0.3, -0.25) is 4.79 Å². The Balaban J connectivity index is 2.61. The molecule has 1 saturated carbocycles. The molecular formula is C16H28N2OS. The monoisotopic (exact) mass is 296 g/mol. The van der Waals surface area contributed by atoms with Crippen LogP contribution in [0, 0.1) is 16.7 Å². The van der Waals surface area contributed by atoms with Crippen LogP contribution in [0.4, 0.5) is 0 Å². The number of carbonyl (C=O) groups is 1. The van der Waals surface area contributed by atoms with Crippen molar-refractivity contribution in [2.75, 3.05) is 6.26 Å². The van der Waals surface area contributed by atoms with E-state index >= 15 is 0 Å². The Morgan fingerprint density at radius 2 is 1.80 bits per heavy atom. The highest BCUT2D eigenvalue weighted by atomic mass is 32.2. The first-order valence-corrected chi connectivity index (χ1v) is 9.15. The van der Waals surface area contributed by atoms with E-state index in [2.05, 4.69) is 17.6 Å². The quantitative estimate of drug-likeness (QED) is 0.775. The number of nitrogens with zero attached hydrogens (tertiary/aromatic N) is 1. The van der Waals surface area contributed by atoms with E-state index in [1.165, 1.54) is 12.8 Å². The molecule has 0 aliphatic heterocycles. The second-order valence-electron chi connectivity index (χ2n) is 5.88. The summed E-state index contributed by atoms with van der Waals surface area (Å²) >= 11 is 1.93. The molecule has 0 atom stereocenters. The van der Waals surface area contributed by atoms with E-state index in [1.54, 1.807) is 0 Å². The van der Waals surface area contributed by atoms with Crippen LogP contribution in [0.5, 0.6) is 0 Å². The maximum atomic E-state index is 12.6. The highest BCUT2D eigenvalue weighted by Gasteiger charge is 2.38. The zero-order valence-corrected chi connectivity index (χ0v) is 13.9. The van der Waals surface area contributed by atoms with E-state index in [0.717, 1.165) is 30.9 Å². The normalized spacial score (nSPS) is 23.1. The molecule has 0 aromatic heterocycles. The van der Waals surface area contributed by atoms with Crippen LogP contribution < -0.4 is 5.32 Å². The van der Waals surface area contributed by atoms with Crippen molar-refractivity contribution in [2.45, 2.75) is 76.5 Å². The van der Waals surface area contributed by atoms with Gasteiger partial charge < -0.3 is 5.32 Å². The molecule has 1 amide bonds. The lowest BCUT2D eigenvalue weighted by Gasteiger charge is -2.32. The van der Waals surface area contributed by atoms with Gasteiger partial charge in [-0.1, -0.05) is 26.7 Å².